The molecule has 106 valence electrons. The number of aliphatic hydroxyl groups is 1. The van der Waals surface area contributed by atoms with E-state index in [9.17, 15) is 19.1 Å². The highest BCUT2D eigenvalue weighted by atomic mass is 19.1. The molecule has 0 saturated heterocycles. The highest BCUT2D eigenvalue weighted by Gasteiger charge is 2.27. The first-order valence-corrected chi connectivity index (χ1v) is 6.00. The van der Waals surface area contributed by atoms with Gasteiger partial charge in [0, 0.05) is 0 Å². The molecule has 0 fully saturated rings. The molecule has 0 radical (unpaired) electrons. The zero-order chi connectivity index (χ0) is 15.4. The van der Waals surface area contributed by atoms with Crippen LogP contribution in [-0.4, -0.2) is 23.5 Å². The van der Waals surface area contributed by atoms with E-state index in [1.165, 1.54) is 24.3 Å². The van der Waals surface area contributed by atoms with Gasteiger partial charge in [0.15, 0.2) is 5.78 Å². The standard InChI is InChI=1S/C15H10FNO4/c16-11-4-1-9(2-5-11)15(20)21-13-6-3-10(7-17)14(19)12(13)8-18/h1-6,10,18H,8H2. The fourth-order valence-corrected chi connectivity index (χ4v) is 1.78. The van der Waals surface area contributed by atoms with E-state index in [2.05, 4.69) is 0 Å². The van der Waals surface area contributed by atoms with Gasteiger partial charge in [-0.25, -0.2) is 9.18 Å². The molecular weight excluding hydrogens is 277 g/mol. The molecule has 1 aliphatic rings. The summed E-state index contributed by atoms with van der Waals surface area (Å²) in [7, 11) is 0. The summed E-state index contributed by atoms with van der Waals surface area (Å²) in [5.74, 6) is -3.00. The number of benzene rings is 1. The lowest BCUT2D eigenvalue weighted by Crippen LogP contribution is -2.22. The first-order valence-electron chi connectivity index (χ1n) is 6.00. The van der Waals surface area contributed by atoms with Crippen LogP contribution in [0.5, 0.6) is 0 Å². The molecule has 0 saturated carbocycles. The summed E-state index contributed by atoms with van der Waals surface area (Å²) in [5, 5.41) is 18.0. The Balaban J connectivity index is 2.24. The van der Waals surface area contributed by atoms with Crippen molar-refractivity contribution >= 4 is 11.8 Å². The minimum atomic E-state index is -1.000. The number of ether oxygens (including phenoxy) is 1. The van der Waals surface area contributed by atoms with E-state index in [-0.39, 0.29) is 16.9 Å². The van der Waals surface area contributed by atoms with Gasteiger partial charge in [-0.1, -0.05) is 6.08 Å². The Kier molecular flexibility index (Phi) is 4.26. The molecule has 1 unspecified atom stereocenters. The lowest BCUT2D eigenvalue weighted by atomic mass is 9.93. The van der Waals surface area contributed by atoms with Crippen molar-refractivity contribution in [1.82, 2.24) is 0 Å². The normalized spacial score (nSPS) is 17.6. The maximum absolute atomic E-state index is 12.8. The number of aliphatic hydroxyl groups excluding tert-OH is 1. The molecular formula is C15H10FNO4. The van der Waals surface area contributed by atoms with E-state index in [4.69, 9.17) is 10.00 Å². The van der Waals surface area contributed by atoms with Gasteiger partial charge in [0.1, 0.15) is 17.5 Å². The van der Waals surface area contributed by atoms with Gasteiger partial charge in [0.2, 0.25) is 0 Å². The van der Waals surface area contributed by atoms with Gasteiger partial charge in [-0.05, 0) is 30.3 Å². The predicted octanol–water partition coefficient (Wildman–Crippen LogP) is 1.51. The van der Waals surface area contributed by atoms with Gasteiger partial charge in [-0.2, -0.15) is 5.26 Å². The maximum Gasteiger partial charge on any atom is 0.343 e. The molecule has 0 amide bonds. The van der Waals surface area contributed by atoms with Crippen LogP contribution in [0.4, 0.5) is 4.39 Å². The number of hydrogen-bond donors (Lipinski definition) is 1. The first kappa shape index (κ1) is 14.6. The van der Waals surface area contributed by atoms with E-state index >= 15 is 0 Å². The van der Waals surface area contributed by atoms with Gasteiger partial charge < -0.3 is 9.84 Å². The summed E-state index contributed by atoms with van der Waals surface area (Å²) in [5.41, 5.74) is -0.0380. The Hall–Kier alpha value is -2.78. The number of Topliss-reactive ketones (excluding diaryl/α,β-unsaturated/α-hetero) is 1. The summed E-state index contributed by atoms with van der Waals surface area (Å²) in [6, 6.07) is 6.45. The molecule has 5 nitrogen and oxygen atoms in total. The number of carbonyl (C=O) groups is 2. The fourth-order valence-electron chi connectivity index (χ4n) is 1.78. The monoisotopic (exact) mass is 287 g/mol. The second-order valence-electron chi connectivity index (χ2n) is 4.23. The second kappa shape index (κ2) is 6.11. The Morgan fingerprint density at radius 2 is 2.05 bits per heavy atom. The van der Waals surface area contributed by atoms with Crippen LogP contribution < -0.4 is 0 Å². The van der Waals surface area contributed by atoms with Crippen molar-refractivity contribution in [3.63, 3.8) is 0 Å². The van der Waals surface area contributed by atoms with Crippen LogP contribution >= 0.6 is 0 Å². The number of esters is 1. The number of nitriles is 1. The minimum Gasteiger partial charge on any atom is -0.422 e. The van der Waals surface area contributed by atoms with Crippen molar-refractivity contribution in [3.05, 3.63) is 59.1 Å². The number of carbonyl (C=O) groups excluding carboxylic acids is 2. The van der Waals surface area contributed by atoms with Gasteiger partial charge in [-0.15, -0.1) is 0 Å². The van der Waals surface area contributed by atoms with Crippen LogP contribution in [0.15, 0.2) is 47.7 Å². The van der Waals surface area contributed by atoms with Crippen molar-refractivity contribution in [1.29, 1.82) is 5.26 Å². The Bertz CT molecular complexity index is 683. The molecule has 0 aliphatic heterocycles. The average Bonchev–Trinajstić information content (AvgIpc) is 2.48. The number of halogens is 1. The zero-order valence-corrected chi connectivity index (χ0v) is 10.7. The molecule has 0 bridgehead atoms. The van der Waals surface area contributed by atoms with Gasteiger partial charge in [0.05, 0.1) is 23.8 Å². The Morgan fingerprint density at radius 1 is 1.38 bits per heavy atom. The SMILES string of the molecule is N#CC1C=CC(OC(=O)c2ccc(F)cc2)=C(CO)C1=O. The summed E-state index contributed by atoms with van der Waals surface area (Å²) >= 11 is 0. The second-order valence-corrected chi connectivity index (χ2v) is 4.23. The third-order valence-electron chi connectivity index (χ3n) is 2.90. The minimum absolute atomic E-state index is 0.101. The lowest BCUT2D eigenvalue weighted by Gasteiger charge is -2.15. The van der Waals surface area contributed by atoms with E-state index < -0.39 is 30.1 Å². The molecule has 1 aliphatic carbocycles. The molecule has 0 heterocycles. The molecule has 1 atom stereocenters. The van der Waals surface area contributed by atoms with Crippen LogP contribution in [-0.2, 0) is 9.53 Å². The van der Waals surface area contributed by atoms with Crippen molar-refractivity contribution in [3.8, 4) is 6.07 Å². The maximum atomic E-state index is 12.8. The molecule has 0 aromatic heterocycles. The fraction of sp³-hybridized carbons (Fsp3) is 0.133. The topological polar surface area (TPSA) is 87.4 Å². The van der Waals surface area contributed by atoms with Crippen LogP contribution in [0, 0.1) is 23.1 Å². The largest absolute Gasteiger partial charge is 0.422 e. The average molecular weight is 287 g/mol. The van der Waals surface area contributed by atoms with Crippen molar-refractivity contribution in [2.45, 2.75) is 0 Å². The summed E-state index contributed by atoms with van der Waals surface area (Å²) < 4.78 is 17.8. The Morgan fingerprint density at radius 3 is 2.62 bits per heavy atom. The molecule has 0 spiro atoms. The van der Waals surface area contributed by atoms with Crippen LogP contribution in [0.25, 0.3) is 0 Å². The van der Waals surface area contributed by atoms with Gasteiger partial charge in [-0.3, -0.25) is 4.79 Å². The third-order valence-corrected chi connectivity index (χ3v) is 2.90. The van der Waals surface area contributed by atoms with Crippen LogP contribution in [0.2, 0.25) is 0 Å². The number of hydrogen-bond acceptors (Lipinski definition) is 5. The molecule has 21 heavy (non-hydrogen) atoms. The molecule has 1 N–H and O–H groups in total. The number of nitrogens with zero attached hydrogens (tertiary/aromatic N) is 1. The third kappa shape index (κ3) is 3.04. The highest BCUT2D eigenvalue weighted by molar-refractivity contribution is 6.02. The molecule has 1 aromatic rings. The summed E-state index contributed by atoms with van der Waals surface area (Å²) in [6.07, 6.45) is 2.58. The number of rotatable bonds is 3. The lowest BCUT2D eigenvalue weighted by molar-refractivity contribution is -0.117. The van der Waals surface area contributed by atoms with E-state index in [1.54, 1.807) is 6.07 Å². The van der Waals surface area contributed by atoms with Crippen molar-refractivity contribution in [2.24, 2.45) is 5.92 Å². The number of ketones is 1. The zero-order valence-electron chi connectivity index (χ0n) is 10.7. The quantitative estimate of drug-likeness (QED) is 0.851. The van der Waals surface area contributed by atoms with E-state index in [0.717, 1.165) is 12.1 Å². The van der Waals surface area contributed by atoms with Crippen molar-refractivity contribution in [2.75, 3.05) is 6.61 Å². The number of allylic oxidation sites excluding steroid dienone is 2. The Labute approximate surface area is 119 Å². The van der Waals surface area contributed by atoms with Gasteiger partial charge in [0.25, 0.3) is 0 Å². The van der Waals surface area contributed by atoms with E-state index in [0.29, 0.717) is 0 Å². The van der Waals surface area contributed by atoms with Crippen LogP contribution in [0.3, 0.4) is 0 Å². The molecule has 6 heteroatoms. The highest BCUT2D eigenvalue weighted by Crippen LogP contribution is 2.22. The first-order chi connectivity index (χ1) is 10.1. The van der Waals surface area contributed by atoms with E-state index in [1.807, 2.05) is 0 Å². The van der Waals surface area contributed by atoms with Crippen molar-refractivity contribution < 1.29 is 23.8 Å². The summed E-state index contributed by atoms with van der Waals surface area (Å²) in [6.45, 7) is -0.645. The summed E-state index contributed by atoms with van der Waals surface area (Å²) in [4.78, 5) is 23.7. The van der Waals surface area contributed by atoms with Crippen LogP contribution in [0.1, 0.15) is 10.4 Å². The smallest absolute Gasteiger partial charge is 0.343 e. The molecule has 1 aromatic carbocycles. The molecule has 2 rings (SSSR count). The van der Waals surface area contributed by atoms with Gasteiger partial charge >= 0.3 is 5.97 Å². The predicted molar refractivity (Wildman–Crippen MR) is 69.2 cm³/mol.